The molecule has 1 aliphatic carbocycles. The van der Waals surface area contributed by atoms with Gasteiger partial charge in [-0.15, -0.1) is 0 Å². The first-order valence-electron chi connectivity index (χ1n) is 7.41. The molecule has 1 amide bonds. The van der Waals surface area contributed by atoms with Gasteiger partial charge in [0.05, 0.1) is 0 Å². The molecule has 2 rings (SSSR count). The summed E-state index contributed by atoms with van der Waals surface area (Å²) >= 11 is 0. The first kappa shape index (κ1) is 16.3. The summed E-state index contributed by atoms with van der Waals surface area (Å²) in [6.45, 7) is 3.23. The Hall–Kier alpha value is -2.11. The first-order chi connectivity index (χ1) is 10.5. The third-order valence-electron chi connectivity index (χ3n) is 3.72. The van der Waals surface area contributed by atoms with Gasteiger partial charge in [-0.1, -0.05) is 19.1 Å². The Morgan fingerprint density at radius 3 is 2.55 bits per heavy atom. The van der Waals surface area contributed by atoms with Gasteiger partial charge in [-0.25, -0.2) is 9.18 Å². The Balaban J connectivity index is 2.16. The fraction of sp³-hybridized carbons (Fsp3) is 0.500. The Bertz CT molecular complexity index is 559. The van der Waals surface area contributed by atoms with Crippen LogP contribution in [0.5, 0.6) is 5.75 Å². The maximum absolute atomic E-state index is 13.7. The molecule has 22 heavy (non-hydrogen) atoms. The number of aliphatic carboxylic acids is 1. The second kappa shape index (κ2) is 6.77. The van der Waals surface area contributed by atoms with E-state index in [2.05, 4.69) is 0 Å². The molecule has 0 aliphatic heterocycles. The summed E-state index contributed by atoms with van der Waals surface area (Å²) in [5.74, 6) is -2.00. The van der Waals surface area contributed by atoms with E-state index in [1.54, 1.807) is 13.0 Å². The zero-order chi connectivity index (χ0) is 16.3. The van der Waals surface area contributed by atoms with E-state index in [1.165, 1.54) is 30.0 Å². The molecule has 1 aromatic rings. The zero-order valence-corrected chi connectivity index (χ0v) is 12.7. The van der Waals surface area contributed by atoms with Gasteiger partial charge in [0.1, 0.15) is 6.04 Å². The van der Waals surface area contributed by atoms with Gasteiger partial charge in [0.25, 0.3) is 5.91 Å². The van der Waals surface area contributed by atoms with Crippen LogP contribution in [-0.4, -0.2) is 40.1 Å². The third-order valence-corrected chi connectivity index (χ3v) is 3.72. The molecule has 0 radical (unpaired) electrons. The highest BCUT2D eigenvalue weighted by Crippen LogP contribution is 2.30. The molecule has 120 valence electrons. The molecular weight excluding hydrogens is 289 g/mol. The van der Waals surface area contributed by atoms with Crippen LogP contribution in [0.1, 0.15) is 33.1 Å². The number of hydrogen-bond acceptors (Lipinski definition) is 3. The average molecular weight is 309 g/mol. The van der Waals surface area contributed by atoms with Crippen molar-refractivity contribution >= 4 is 11.9 Å². The zero-order valence-electron chi connectivity index (χ0n) is 12.7. The SMILES string of the molecule is CCC(Oc1ccccc1F)C(=O)N(C1CC1)C(C)C(=O)O. The van der Waals surface area contributed by atoms with Crippen LogP contribution in [0, 0.1) is 5.82 Å². The van der Waals surface area contributed by atoms with Crippen LogP contribution in [0.3, 0.4) is 0 Å². The van der Waals surface area contributed by atoms with E-state index in [0.717, 1.165) is 12.8 Å². The van der Waals surface area contributed by atoms with Crippen LogP contribution in [0.2, 0.25) is 0 Å². The van der Waals surface area contributed by atoms with Crippen molar-refractivity contribution in [3.63, 3.8) is 0 Å². The van der Waals surface area contributed by atoms with Crippen LogP contribution in [0.15, 0.2) is 24.3 Å². The standard InChI is InChI=1S/C16H20FNO4/c1-3-13(22-14-7-5-4-6-12(14)17)15(19)18(11-8-9-11)10(2)16(20)21/h4-7,10-11,13H,3,8-9H2,1-2H3,(H,20,21). The van der Waals surface area contributed by atoms with Crippen LogP contribution < -0.4 is 4.74 Å². The monoisotopic (exact) mass is 309 g/mol. The molecule has 1 saturated carbocycles. The van der Waals surface area contributed by atoms with Crippen LogP contribution in [0.4, 0.5) is 4.39 Å². The minimum Gasteiger partial charge on any atom is -0.480 e. The lowest BCUT2D eigenvalue weighted by molar-refractivity contribution is -0.153. The number of nitrogens with zero attached hydrogens (tertiary/aromatic N) is 1. The van der Waals surface area contributed by atoms with Gasteiger partial charge < -0.3 is 14.7 Å². The van der Waals surface area contributed by atoms with Crippen molar-refractivity contribution < 1.29 is 23.8 Å². The lowest BCUT2D eigenvalue weighted by atomic mass is 10.2. The van der Waals surface area contributed by atoms with Crippen molar-refractivity contribution in [2.24, 2.45) is 0 Å². The second-order valence-electron chi connectivity index (χ2n) is 5.44. The van der Waals surface area contributed by atoms with E-state index in [-0.39, 0.29) is 11.8 Å². The number of carbonyl (C=O) groups excluding carboxylic acids is 1. The Labute approximate surface area is 128 Å². The van der Waals surface area contributed by atoms with Gasteiger partial charge in [-0.3, -0.25) is 4.79 Å². The maximum Gasteiger partial charge on any atom is 0.326 e. The molecule has 1 N–H and O–H groups in total. The van der Waals surface area contributed by atoms with E-state index in [9.17, 15) is 19.1 Å². The summed E-state index contributed by atoms with van der Waals surface area (Å²) < 4.78 is 19.2. The molecular formula is C16H20FNO4. The van der Waals surface area contributed by atoms with Crippen LogP contribution >= 0.6 is 0 Å². The smallest absolute Gasteiger partial charge is 0.326 e. The van der Waals surface area contributed by atoms with Crippen molar-refractivity contribution in [1.82, 2.24) is 4.90 Å². The molecule has 0 spiro atoms. The summed E-state index contributed by atoms with van der Waals surface area (Å²) in [4.78, 5) is 25.2. The van der Waals surface area contributed by atoms with Crippen molar-refractivity contribution in [2.75, 3.05) is 0 Å². The van der Waals surface area contributed by atoms with Crippen LogP contribution in [0.25, 0.3) is 0 Å². The largest absolute Gasteiger partial charge is 0.480 e. The first-order valence-corrected chi connectivity index (χ1v) is 7.41. The molecule has 0 aromatic heterocycles. The predicted octanol–water partition coefficient (Wildman–Crippen LogP) is 2.45. The Kier molecular flexibility index (Phi) is 5.00. The van der Waals surface area contributed by atoms with Gasteiger partial charge in [-0.05, 0) is 38.3 Å². The number of amides is 1. The number of benzene rings is 1. The molecule has 0 bridgehead atoms. The molecule has 0 heterocycles. The summed E-state index contributed by atoms with van der Waals surface area (Å²) in [5, 5.41) is 9.17. The number of halogens is 1. The molecule has 6 heteroatoms. The number of carboxylic acids is 1. The van der Waals surface area contributed by atoms with E-state index < -0.39 is 29.8 Å². The fourth-order valence-corrected chi connectivity index (χ4v) is 2.33. The van der Waals surface area contributed by atoms with E-state index >= 15 is 0 Å². The number of rotatable bonds is 7. The van der Waals surface area contributed by atoms with Gasteiger partial charge in [0, 0.05) is 6.04 Å². The molecule has 1 aromatic carbocycles. The minimum atomic E-state index is -1.05. The van der Waals surface area contributed by atoms with Gasteiger partial charge in [0.15, 0.2) is 17.7 Å². The number of hydrogen-bond donors (Lipinski definition) is 1. The topological polar surface area (TPSA) is 66.8 Å². The minimum absolute atomic E-state index is 0.00132. The quantitative estimate of drug-likeness (QED) is 0.840. The Morgan fingerprint density at radius 2 is 2.05 bits per heavy atom. The highest BCUT2D eigenvalue weighted by Gasteiger charge is 2.41. The number of ether oxygens (including phenoxy) is 1. The highest BCUT2D eigenvalue weighted by molar-refractivity contribution is 5.87. The summed E-state index contributed by atoms with van der Waals surface area (Å²) in [6.07, 6.45) is 1.03. The molecule has 5 nitrogen and oxygen atoms in total. The normalized spacial score (nSPS) is 16.7. The second-order valence-corrected chi connectivity index (χ2v) is 5.44. The van der Waals surface area contributed by atoms with Crippen molar-refractivity contribution in [3.8, 4) is 5.75 Å². The van der Waals surface area contributed by atoms with Gasteiger partial charge in [0.2, 0.25) is 0 Å². The Morgan fingerprint density at radius 1 is 1.41 bits per heavy atom. The third kappa shape index (κ3) is 3.55. The lowest BCUT2D eigenvalue weighted by Crippen LogP contribution is -2.50. The summed E-state index contributed by atoms with van der Waals surface area (Å²) in [5.41, 5.74) is 0. The molecule has 2 unspecified atom stereocenters. The number of para-hydroxylation sites is 1. The predicted molar refractivity (Wildman–Crippen MR) is 78.1 cm³/mol. The van der Waals surface area contributed by atoms with Gasteiger partial charge in [-0.2, -0.15) is 0 Å². The van der Waals surface area contributed by atoms with Crippen molar-refractivity contribution in [2.45, 2.75) is 51.3 Å². The summed E-state index contributed by atoms with van der Waals surface area (Å²) in [6, 6.07) is 4.88. The number of carboxylic acid groups (broad SMARTS) is 1. The highest BCUT2D eigenvalue weighted by atomic mass is 19.1. The fourth-order valence-electron chi connectivity index (χ4n) is 2.33. The number of carbonyl (C=O) groups is 2. The summed E-state index contributed by atoms with van der Waals surface area (Å²) in [7, 11) is 0. The van der Waals surface area contributed by atoms with E-state index in [1.807, 2.05) is 0 Å². The lowest BCUT2D eigenvalue weighted by Gasteiger charge is -2.30. The van der Waals surface area contributed by atoms with Gasteiger partial charge >= 0.3 is 5.97 Å². The van der Waals surface area contributed by atoms with Crippen molar-refractivity contribution in [1.29, 1.82) is 0 Å². The van der Waals surface area contributed by atoms with E-state index in [4.69, 9.17) is 4.74 Å². The average Bonchev–Trinajstić information content (AvgIpc) is 3.31. The maximum atomic E-state index is 13.7. The molecule has 0 saturated heterocycles. The molecule has 1 fully saturated rings. The molecule has 1 aliphatic rings. The molecule has 2 atom stereocenters. The van der Waals surface area contributed by atoms with Crippen LogP contribution in [-0.2, 0) is 9.59 Å². The van der Waals surface area contributed by atoms with Crippen molar-refractivity contribution in [3.05, 3.63) is 30.1 Å². The van der Waals surface area contributed by atoms with E-state index in [0.29, 0.717) is 6.42 Å².